The zero-order valence-corrected chi connectivity index (χ0v) is 12.4. The molecule has 0 aliphatic heterocycles. The van der Waals surface area contributed by atoms with E-state index in [0.717, 1.165) is 17.9 Å². The van der Waals surface area contributed by atoms with Crippen LogP contribution in [0.4, 0.5) is 11.4 Å². The number of aliphatic hydroxyl groups excluding tert-OH is 1. The van der Waals surface area contributed by atoms with Crippen LogP contribution in [0, 0.1) is 0 Å². The first kappa shape index (κ1) is 15.1. The van der Waals surface area contributed by atoms with Gasteiger partial charge in [-0.15, -0.1) is 0 Å². The van der Waals surface area contributed by atoms with Gasteiger partial charge in [0.25, 0.3) is 0 Å². The molecule has 0 radical (unpaired) electrons. The first-order valence-electron chi connectivity index (χ1n) is 7.17. The minimum atomic E-state index is 0.167. The highest BCUT2D eigenvalue weighted by molar-refractivity contribution is 5.56. The van der Waals surface area contributed by atoms with Crippen LogP contribution in [-0.2, 0) is 0 Å². The predicted molar refractivity (Wildman–Crippen MR) is 90.8 cm³/mol. The van der Waals surface area contributed by atoms with E-state index in [-0.39, 0.29) is 6.61 Å². The maximum Gasteiger partial charge on any atom is 0.0606 e. The Morgan fingerprint density at radius 3 is 2.43 bits per heavy atom. The quantitative estimate of drug-likeness (QED) is 0.818. The maximum absolute atomic E-state index is 8.93. The summed E-state index contributed by atoms with van der Waals surface area (Å²) >= 11 is 0. The zero-order valence-electron chi connectivity index (χ0n) is 12.4. The summed E-state index contributed by atoms with van der Waals surface area (Å²) in [6.45, 7) is 1.61. The van der Waals surface area contributed by atoms with Crippen molar-refractivity contribution in [3.05, 3.63) is 66.2 Å². The van der Waals surface area contributed by atoms with Crippen molar-refractivity contribution in [3.63, 3.8) is 0 Å². The van der Waals surface area contributed by atoms with E-state index in [4.69, 9.17) is 5.11 Å². The van der Waals surface area contributed by atoms with Crippen LogP contribution in [0.1, 0.15) is 5.56 Å². The molecule has 0 amide bonds. The number of nitrogens with zero attached hydrogens (tertiary/aromatic N) is 1. The van der Waals surface area contributed by atoms with Gasteiger partial charge < -0.3 is 15.3 Å². The molecule has 2 rings (SSSR count). The van der Waals surface area contributed by atoms with Crippen LogP contribution in [0.5, 0.6) is 0 Å². The van der Waals surface area contributed by atoms with Gasteiger partial charge >= 0.3 is 0 Å². The molecule has 0 aromatic heterocycles. The van der Waals surface area contributed by atoms with E-state index in [1.807, 2.05) is 30.1 Å². The third-order valence-electron chi connectivity index (χ3n) is 3.28. The van der Waals surface area contributed by atoms with E-state index < -0.39 is 0 Å². The first-order chi connectivity index (χ1) is 10.3. The number of hydrogen-bond acceptors (Lipinski definition) is 3. The van der Waals surface area contributed by atoms with Crippen molar-refractivity contribution < 1.29 is 5.11 Å². The molecule has 0 unspecified atom stereocenters. The summed E-state index contributed by atoms with van der Waals surface area (Å²) in [5, 5.41) is 12.3. The summed E-state index contributed by atoms with van der Waals surface area (Å²) < 4.78 is 0. The van der Waals surface area contributed by atoms with Crippen LogP contribution in [0.3, 0.4) is 0 Å². The number of rotatable bonds is 7. The van der Waals surface area contributed by atoms with Gasteiger partial charge in [-0.25, -0.2) is 0 Å². The van der Waals surface area contributed by atoms with Gasteiger partial charge in [0.2, 0.25) is 0 Å². The normalized spacial score (nSPS) is 10.8. The Hall–Kier alpha value is -2.26. The average Bonchev–Trinajstić information content (AvgIpc) is 2.53. The fourth-order valence-corrected chi connectivity index (χ4v) is 2.05. The van der Waals surface area contributed by atoms with E-state index >= 15 is 0 Å². The summed E-state index contributed by atoms with van der Waals surface area (Å²) in [5.74, 6) is 0. The molecule has 0 aliphatic carbocycles. The lowest BCUT2D eigenvalue weighted by Gasteiger charge is -2.18. The van der Waals surface area contributed by atoms with E-state index in [9.17, 15) is 0 Å². The summed E-state index contributed by atoms with van der Waals surface area (Å²) in [5.41, 5.74) is 3.41. The van der Waals surface area contributed by atoms with Gasteiger partial charge in [-0.05, 0) is 29.8 Å². The van der Waals surface area contributed by atoms with Crippen molar-refractivity contribution >= 4 is 17.5 Å². The second-order valence-corrected chi connectivity index (χ2v) is 4.89. The van der Waals surface area contributed by atoms with Gasteiger partial charge in [-0.1, -0.05) is 42.5 Å². The Morgan fingerprint density at radius 1 is 1.05 bits per heavy atom. The Kier molecular flexibility index (Phi) is 5.85. The molecular formula is C18H22N2O. The fourth-order valence-electron chi connectivity index (χ4n) is 2.05. The van der Waals surface area contributed by atoms with Gasteiger partial charge in [0, 0.05) is 31.5 Å². The molecule has 0 fully saturated rings. The van der Waals surface area contributed by atoms with Crippen LogP contribution < -0.4 is 10.2 Å². The molecule has 2 aromatic rings. The van der Waals surface area contributed by atoms with Gasteiger partial charge in [0.15, 0.2) is 0 Å². The molecule has 0 saturated heterocycles. The number of nitrogens with one attached hydrogen (secondary N) is 1. The Bertz CT molecular complexity index is 549. The highest BCUT2D eigenvalue weighted by Gasteiger charge is 1.99. The van der Waals surface area contributed by atoms with Crippen molar-refractivity contribution in [1.82, 2.24) is 0 Å². The monoisotopic (exact) mass is 282 g/mol. The number of anilines is 2. The minimum Gasteiger partial charge on any atom is -0.395 e. The van der Waals surface area contributed by atoms with Crippen molar-refractivity contribution in [2.24, 2.45) is 0 Å². The first-order valence-corrected chi connectivity index (χ1v) is 7.17. The summed E-state index contributed by atoms with van der Waals surface area (Å²) in [7, 11) is 1.97. The lowest BCUT2D eigenvalue weighted by atomic mass is 10.2. The average molecular weight is 282 g/mol. The molecule has 2 N–H and O–H groups in total. The molecule has 21 heavy (non-hydrogen) atoms. The predicted octanol–water partition coefficient (Wildman–Crippen LogP) is 3.24. The van der Waals surface area contributed by atoms with Crippen molar-refractivity contribution in [1.29, 1.82) is 0 Å². The van der Waals surface area contributed by atoms with Gasteiger partial charge in [-0.2, -0.15) is 0 Å². The third kappa shape index (κ3) is 4.97. The molecule has 3 heteroatoms. The van der Waals surface area contributed by atoms with Gasteiger partial charge in [0.05, 0.1) is 6.61 Å². The van der Waals surface area contributed by atoms with Crippen molar-refractivity contribution in [2.45, 2.75) is 0 Å². The number of likely N-dealkylation sites (N-methyl/N-ethyl adjacent to an activating group) is 1. The molecule has 110 valence electrons. The molecule has 0 atom stereocenters. The van der Waals surface area contributed by atoms with Crippen molar-refractivity contribution in [2.75, 3.05) is 37.0 Å². The molecular weight excluding hydrogens is 260 g/mol. The van der Waals surface area contributed by atoms with E-state index in [2.05, 4.69) is 53.9 Å². The number of hydrogen-bond donors (Lipinski definition) is 2. The standard InChI is InChI=1S/C18H22N2O/c1-20(14-15-21)18-11-9-17(10-12-18)19-13-5-8-16-6-3-2-4-7-16/h2-12,19,21H,13-15H2,1H3/b8-5+. The van der Waals surface area contributed by atoms with E-state index in [1.165, 1.54) is 5.56 Å². The smallest absolute Gasteiger partial charge is 0.0606 e. The SMILES string of the molecule is CN(CCO)c1ccc(NC/C=C/c2ccccc2)cc1. The molecule has 2 aromatic carbocycles. The number of aliphatic hydroxyl groups is 1. The lowest BCUT2D eigenvalue weighted by molar-refractivity contribution is 0.304. The second-order valence-electron chi connectivity index (χ2n) is 4.89. The molecule has 0 spiro atoms. The summed E-state index contributed by atoms with van der Waals surface area (Å²) in [4.78, 5) is 2.03. The Morgan fingerprint density at radius 2 is 1.76 bits per heavy atom. The summed E-state index contributed by atoms with van der Waals surface area (Å²) in [6.07, 6.45) is 4.22. The Balaban J connectivity index is 1.82. The molecule has 0 bridgehead atoms. The largest absolute Gasteiger partial charge is 0.395 e. The third-order valence-corrected chi connectivity index (χ3v) is 3.28. The Labute approximate surface area is 126 Å². The molecule has 0 aliphatic rings. The highest BCUT2D eigenvalue weighted by atomic mass is 16.3. The maximum atomic E-state index is 8.93. The number of benzene rings is 2. The zero-order chi connectivity index (χ0) is 14.9. The second kappa shape index (κ2) is 8.12. The molecule has 3 nitrogen and oxygen atoms in total. The fraction of sp³-hybridized carbons (Fsp3) is 0.222. The lowest BCUT2D eigenvalue weighted by Crippen LogP contribution is -2.20. The van der Waals surface area contributed by atoms with E-state index in [1.54, 1.807) is 0 Å². The van der Waals surface area contributed by atoms with Gasteiger partial charge in [0.1, 0.15) is 0 Å². The van der Waals surface area contributed by atoms with Gasteiger partial charge in [-0.3, -0.25) is 0 Å². The molecule has 0 heterocycles. The highest BCUT2D eigenvalue weighted by Crippen LogP contribution is 2.16. The van der Waals surface area contributed by atoms with Crippen LogP contribution in [0.2, 0.25) is 0 Å². The van der Waals surface area contributed by atoms with Crippen LogP contribution in [0.25, 0.3) is 6.08 Å². The topological polar surface area (TPSA) is 35.5 Å². The van der Waals surface area contributed by atoms with Crippen LogP contribution in [-0.4, -0.2) is 31.9 Å². The van der Waals surface area contributed by atoms with Crippen LogP contribution >= 0.6 is 0 Å². The van der Waals surface area contributed by atoms with E-state index in [0.29, 0.717) is 6.54 Å². The van der Waals surface area contributed by atoms with Crippen LogP contribution in [0.15, 0.2) is 60.7 Å². The minimum absolute atomic E-state index is 0.167. The molecule has 0 saturated carbocycles. The van der Waals surface area contributed by atoms with Crippen molar-refractivity contribution in [3.8, 4) is 0 Å². The summed E-state index contributed by atoms with van der Waals surface area (Å²) in [6, 6.07) is 18.5.